The van der Waals surface area contributed by atoms with Gasteiger partial charge in [-0.2, -0.15) is 0 Å². The minimum absolute atomic E-state index is 0.00600. The minimum Gasteiger partial charge on any atom is -0.480 e. The lowest BCUT2D eigenvalue weighted by atomic mass is 10.0. The normalized spacial score (nSPS) is 15.3. The Hall–Kier alpha value is -7.42. The molecule has 2 aromatic carbocycles. The maximum Gasteiger partial charge on any atom is 0.326 e. The number of para-hydroxylation sites is 2. The lowest BCUT2D eigenvalue weighted by Crippen LogP contribution is -2.59. The number of carbonyl (C=O) groups is 6. The number of nitrogens with two attached hydrogens (primary N) is 4. The van der Waals surface area contributed by atoms with E-state index in [1.54, 1.807) is 12.4 Å². The van der Waals surface area contributed by atoms with Crippen LogP contribution in [0.25, 0.3) is 21.8 Å². The van der Waals surface area contributed by atoms with Crippen LogP contribution in [0.3, 0.4) is 0 Å². The average molecular weight is 924 g/mol. The molecule has 15 N–H and O–H groups in total. The lowest BCUT2D eigenvalue weighted by Gasteiger charge is -2.30. The van der Waals surface area contributed by atoms with Crippen molar-refractivity contribution in [2.45, 2.75) is 88.0 Å². The van der Waals surface area contributed by atoms with E-state index in [1.807, 2.05) is 66.0 Å². The number of aromatic nitrogens is 2. The Morgan fingerprint density at radius 1 is 0.712 bits per heavy atom. The number of aliphatic imine (C=N–C) groups is 2. The Kier molecular flexibility index (Phi) is 16.7. The maximum absolute atomic E-state index is 14.7. The smallest absolute Gasteiger partial charge is 0.326 e. The van der Waals surface area contributed by atoms with E-state index in [-0.39, 0.29) is 88.8 Å². The average Bonchev–Trinajstić information content (AvgIpc) is 4.13. The number of nitrogens with zero attached hydrogens (tertiary/aromatic N) is 3. The fourth-order valence-corrected chi connectivity index (χ4v) is 8.82. The van der Waals surface area contributed by atoms with Crippen LogP contribution in [-0.2, 0) is 48.0 Å². The molecule has 5 atom stereocenters. The molecule has 1 aliphatic rings. The molecule has 21 heteroatoms. The number of aliphatic carboxylic acids is 1. The molecule has 6 rings (SSSR count). The Balaban J connectivity index is 1.26. The molecule has 4 heterocycles. The fourth-order valence-electron chi connectivity index (χ4n) is 8.11. The van der Waals surface area contributed by atoms with Gasteiger partial charge in [0.1, 0.15) is 30.2 Å². The number of fused-ring (bicyclic) bond motifs is 2. The zero-order valence-electron chi connectivity index (χ0n) is 36.3. The number of rotatable bonds is 23. The van der Waals surface area contributed by atoms with Crippen LogP contribution in [0, 0.1) is 0 Å². The van der Waals surface area contributed by atoms with Crippen LogP contribution in [-0.4, -0.2) is 117 Å². The molecule has 0 radical (unpaired) electrons. The second-order valence-corrected chi connectivity index (χ2v) is 17.1. The van der Waals surface area contributed by atoms with E-state index in [2.05, 4.69) is 41.2 Å². The van der Waals surface area contributed by atoms with Gasteiger partial charge in [-0.05, 0) is 73.2 Å². The summed E-state index contributed by atoms with van der Waals surface area (Å²) >= 11 is 1.42. The highest BCUT2D eigenvalue weighted by molar-refractivity contribution is 7.10. The summed E-state index contributed by atoms with van der Waals surface area (Å²) in [5, 5.41) is 24.7. The number of carboxylic acid groups (broad SMARTS) is 1. The highest BCUT2D eigenvalue weighted by Gasteiger charge is 2.40. The molecule has 0 spiro atoms. The van der Waals surface area contributed by atoms with E-state index >= 15 is 0 Å². The van der Waals surface area contributed by atoms with Gasteiger partial charge in [-0.1, -0.05) is 42.5 Å². The van der Waals surface area contributed by atoms with Gasteiger partial charge in [0.15, 0.2) is 11.9 Å². The topological polar surface area (TPSA) is 334 Å². The van der Waals surface area contributed by atoms with Gasteiger partial charge in [0.05, 0.1) is 6.42 Å². The van der Waals surface area contributed by atoms with Crippen molar-refractivity contribution in [3.05, 3.63) is 94.4 Å². The summed E-state index contributed by atoms with van der Waals surface area (Å²) in [6.07, 6.45) is 4.96. The first kappa shape index (κ1) is 48.0. The quantitative estimate of drug-likeness (QED) is 0.0248. The third kappa shape index (κ3) is 13.1. The number of guanidine groups is 2. The molecule has 0 saturated carbocycles. The maximum atomic E-state index is 14.7. The second kappa shape index (κ2) is 23.0. The van der Waals surface area contributed by atoms with Crippen molar-refractivity contribution < 1.29 is 33.9 Å². The third-order valence-corrected chi connectivity index (χ3v) is 12.2. The van der Waals surface area contributed by atoms with Gasteiger partial charge in [0, 0.05) is 71.6 Å². The predicted octanol–water partition coefficient (Wildman–Crippen LogP) is 0.861. The predicted molar refractivity (Wildman–Crippen MR) is 252 cm³/mol. The standard InChI is InChI=1S/C45H57N13O7S/c46-44(47)50-17-5-14-33(42(63)58-19-7-16-37(58)41(62)56-34(43(64)65)15-6-18-51-45(48)49)55-40(61)36(22-27-25-53-32-13-4-2-11-30(27)32)57-39(60)35(54-38(59)23-28-9-8-20-66-28)21-26-24-52-31-12-3-1-10-29(26)31/h1-4,8-13,20,24-25,33-37,52-53H,5-7,14-19,21-23H2,(H,54,59)(H,55,61)(H,56,62)(H,57,60)(H,64,65)(H4,46,47,50)(H4,48,49,51)/t33-,34-,35-,36-,37-/m0/s1. The van der Waals surface area contributed by atoms with E-state index in [0.717, 1.165) is 32.2 Å². The Bertz CT molecular complexity index is 2550. The number of hydrogen-bond donors (Lipinski definition) is 11. The molecule has 20 nitrogen and oxygen atoms in total. The monoisotopic (exact) mass is 923 g/mol. The summed E-state index contributed by atoms with van der Waals surface area (Å²) in [5.74, 6) is -4.51. The van der Waals surface area contributed by atoms with Crippen molar-refractivity contribution in [1.29, 1.82) is 0 Å². The van der Waals surface area contributed by atoms with E-state index in [1.165, 1.54) is 16.2 Å². The molecule has 3 aromatic heterocycles. The van der Waals surface area contributed by atoms with E-state index in [4.69, 9.17) is 22.9 Å². The van der Waals surface area contributed by atoms with Crippen molar-refractivity contribution in [3.8, 4) is 0 Å². The minimum atomic E-state index is -1.27. The van der Waals surface area contributed by atoms with E-state index in [9.17, 15) is 33.9 Å². The zero-order chi connectivity index (χ0) is 47.2. The van der Waals surface area contributed by atoms with Crippen LogP contribution in [0.1, 0.15) is 54.5 Å². The molecule has 5 amide bonds. The fraction of sp³-hybridized carbons (Fsp3) is 0.378. The van der Waals surface area contributed by atoms with Gasteiger partial charge in [-0.25, -0.2) is 4.79 Å². The van der Waals surface area contributed by atoms with Gasteiger partial charge < -0.3 is 64.2 Å². The summed E-state index contributed by atoms with van der Waals surface area (Å²) < 4.78 is 0. The van der Waals surface area contributed by atoms with Crippen LogP contribution in [0.2, 0.25) is 0 Å². The molecule has 1 aliphatic heterocycles. The first-order valence-electron chi connectivity index (χ1n) is 21.7. The summed E-state index contributed by atoms with van der Waals surface area (Å²) in [4.78, 5) is 99.6. The molecule has 1 saturated heterocycles. The molecule has 0 unspecified atom stereocenters. The zero-order valence-corrected chi connectivity index (χ0v) is 37.2. The number of amides is 5. The summed E-state index contributed by atoms with van der Waals surface area (Å²) in [6, 6.07) is 12.8. The number of H-pyrrole nitrogens is 2. The number of benzene rings is 2. The van der Waals surface area contributed by atoms with Crippen LogP contribution < -0.4 is 44.2 Å². The molecule has 66 heavy (non-hydrogen) atoms. The lowest BCUT2D eigenvalue weighted by molar-refractivity contribution is -0.145. The first-order valence-corrected chi connectivity index (χ1v) is 22.6. The van der Waals surface area contributed by atoms with Crippen LogP contribution in [0.15, 0.2) is 88.4 Å². The molecular formula is C45H57N13O7S. The third-order valence-electron chi connectivity index (χ3n) is 11.4. The van der Waals surface area contributed by atoms with E-state index < -0.39 is 59.8 Å². The summed E-state index contributed by atoms with van der Waals surface area (Å²) in [7, 11) is 0. The van der Waals surface area contributed by atoms with Gasteiger partial charge in [0.2, 0.25) is 29.5 Å². The van der Waals surface area contributed by atoms with Gasteiger partial charge in [-0.15, -0.1) is 11.3 Å². The second-order valence-electron chi connectivity index (χ2n) is 16.1. The molecule has 5 aromatic rings. The highest BCUT2D eigenvalue weighted by atomic mass is 32.1. The Morgan fingerprint density at radius 3 is 1.80 bits per heavy atom. The summed E-state index contributed by atoms with van der Waals surface area (Å²) in [6.45, 7) is 0.450. The first-order chi connectivity index (χ1) is 31.8. The van der Waals surface area contributed by atoms with Gasteiger partial charge in [0.25, 0.3) is 0 Å². The molecule has 1 fully saturated rings. The van der Waals surface area contributed by atoms with Crippen molar-refractivity contribution in [2.75, 3.05) is 19.6 Å². The van der Waals surface area contributed by atoms with E-state index in [0.29, 0.717) is 12.0 Å². The van der Waals surface area contributed by atoms with Gasteiger partial charge >= 0.3 is 5.97 Å². The molecule has 350 valence electrons. The van der Waals surface area contributed by atoms with Crippen molar-refractivity contribution in [2.24, 2.45) is 32.9 Å². The number of carbonyl (C=O) groups excluding carboxylic acids is 5. The van der Waals surface area contributed by atoms with Crippen LogP contribution in [0.5, 0.6) is 0 Å². The Labute approximate surface area is 384 Å². The molecular weight excluding hydrogens is 867 g/mol. The van der Waals surface area contributed by atoms with Gasteiger partial charge in [-0.3, -0.25) is 34.0 Å². The van der Waals surface area contributed by atoms with Crippen molar-refractivity contribution in [1.82, 2.24) is 36.1 Å². The van der Waals surface area contributed by atoms with Crippen molar-refractivity contribution >= 4 is 80.6 Å². The van der Waals surface area contributed by atoms with Crippen LogP contribution in [0.4, 0.5) is 0 Å². The SMILES string of the molecule is NC(N)=NCCC[C@H](NC(=O)[C@@H]1CCCN1C(=O)[C@H](CCCN=C(N)N)NC(=O)[C@H](Cc1c[nH]c2ccccc12)NC(=O)[C@H](Cc1c[nH]c2ccccc12)NC(=O)Cc1cccs1)C(=O)O. The van der Waals surface area contributed by atoms with Crippen molar-refractivity contribution in [3.63, 3.8) is 0 Å². The number of aromatic amines is 2. The largest absolute Gasteiger partial charge is 0.480 e. The molecule has 0 bridgehead atoms. The Morgan fingerprint density at radius 2 is 1.26 bits per heavy atom. The number of nitrogens with one attached hydrogen (secondary N) is 6. The number of likely N-dealkylation sites (tertiary alicyclic amines) is 1. The number of hydrogen-bond acceptors (Lipinski definition) is 9. The van der Waals surface area contributed by atoms with Crippen LogP contribution >= 0.6 is 11.3 Å². The molecule has 0 aliphatic carbocycles. The summed E-state index contributed by atoms with van der Waals surface area (Å²) in [5.41, 5.74) is 25.0. The highest BCUT2D eigenvalue weighted by Crippen LogP contribution is 2.23. The number of carboxylic acids is 1. The number of thiophene rings is 1.